The molecule has 162 valence electrons. The van der Waals surface area contributed by atoms with Gasteiger partial charge in [-0.2, -0.15) is 0 Å². The van der Waals surface area contributed by atoms with Crippen LogP contribution >= 0.6 is 11.8 Å². The van der Waals surface area contributed by atoms with Crippen LogP contribution in [0, 0.1) is 5.82 Å². The van der Waals surface area contributed by atoms with Gasteiger partial charge in [-0.1, -0.05) is 23.9 Å². The Morgan fingerprint density at radius 3 is 2.48 bits per heavy atom. The van der Waals surface area contributed by atoms with Gasteiger partial charge in [0, 0.05) is 27.7 Å². The average Bonchev–Trinajstić information content (AvgIpc) is 3.17. The molecule has 0 spiro atoms. The Bertz CT molecular complexity index is 1100. The number of esters is 1. The number of nitrogens with zero attached hydrogens (tertiary/aromatic N) is 1. The maximum Gasteiger partial charge on any atom is 0.418 e. The van der Waals surface area contributed by atoms with Gasteiger partial charge in [-0.25, -0.2) is 14.0 Å². The second kappa shape index (κ2) is 9.39. The molecule has 0 aliphatic carbocycles. The van der Waals surface area contributed by atoms with E-state index in [9.17, 15) is 14.0 Å². The first-order valence-corrected chi connectivity index (χ1v) is 10.6. The molecule has 1 aromatic heterocycles. The van der Waals surface area contributed by atoms with Gasteiger partial charge in [0.25, 0.3) is 0 Å². The first kappa shape index (κ1) is 22.6. The predicted molar refractivity (Wildman–Crippen MR) is 118 cm³/mol. The minimum Gasteiger partial charge on any atom is -0.462 e. The van der Waals surface area contributed by atoms with E-state index in [1.165, 1.54) is 28.5 Å². The van der Waals surface area contributed by atoms with Crippen molar-refractivity contribution >= 4 is 23.8 Å². The maximum atomic E-state index is 13.5. The highest BCUT2D eigenvalue weighted by molar-refractivity contribution is 7.99. The maximum absolute atomic E-state index is 13.5. The molecule has 0 amide bonds. The van der Waals surface area contributed by atoms with Crippen LogP contribution in [0.1, 0.15) is 38.1 Å². The highest BCUT2D eigenvalue weighted by atomic mass is 32.2. The van der Waals surface area contributed by atoms with Crippen molar-refractivity contribution in [1.29, 1.82) is 0 Å². The van der Waals surface area contributed by atoms with Gasteiger partial charge in [-0.3, -0.25) is 4.57 Å². The Kier molecular flexibility index (Phi) is 6.85. The van der Waals surface area contributed by atoms with E-state index < -0.39 is 17.7 Å². The molecule has 7 heteroatoms. The molecule has 3 rings (SSSR count). The lowest BCUT2D eigenvalue weighted by atomic mass is 10.0. The Morgan fingerprint density at radius 2 is 1.81 bits per heavy atom. The van der Waals surface area contributed by atoms with Gasteiger partial charge in [0.05, 0.1) is 12.2 Å². The number of rotatable bonds is 5. The van der Waals surface area contributed by atoms with Crippen molar-refractivity contribution in [2.24, 2.45) is 0 Å². The van der Waals surface area contributed by atoms with Crippen molar-refractivity contribution in [3.8, 4) is 11.1 Å². The van der Waals surface area contributed by atoms with Gasteiger partial charge in [-0.15, -0.1) is 0 Å². The zero-order valence-electron chi connectivity index (χ0n) is 17.8. The van der Waals surface area contributed by atoms with Gasteiger partial charge in [0.2, 0.25) is 0 Å². The van der Waals surface area contributed by atoms with Crippen LogP contribution in [-0.2, 0) is 9.47 Å². The van der Waals surface area contributed by atoms with E-state index in [0.717, 1.165) is 9.79 Å². The van der Waals surface area contributed by atoms with Crippen LogP contribution < -0.4 is 0 Å². The van der Waals surface area contributed by atoms with Crippen molar-refractivity contribution in [2.75, 3.05) is 6.61 Å². The molecule has 5 nitrogen and oxygen atoms in total. The second-order valence-electron chi connectivity index (χ2n) is 7.78. The molecule has 31 heavy (non-hydrogen) atoms. The third-order valence-corrected chi connectivity index (χ3v) is 5.11. The van der Waals surface area contributed by atoms with Crippen molar-refractivity contribution in [3.63, 3.8) is 0 Å². The van der Waals surface area contributed by atoms with Crippen LogP contribution in [0.2, 0.25) is 0 Å². The number of carbonyl (C=O) groups is 2. The van der Waals surface area contributed by atoms with E-state index in [1.807, 2.05) is 6.07 Å². The Morgan fingerprint density at radius 1 is 1.06 bits per heavy atom. The zero-order valence-corrected chi connectivity index (χ0v) is 18.7. The fourth-order valence-corrected chi connectivity index (χ4v) is 3.77. The summed E-state index contributed by atoms with van der Waals surface area (Å²) >= 11 is 1.34. The molecule has 0 radical (unpaired) electrons. The van der Waals surface area contributed by atoms with Gasteiger partial charge in [-0.05, 0) is 69.7 Å². The van der Waals surface area contributed by atoms with Gasteiger partial charge in [0.1, 0.15) is 11.4 Å². The first-order valence-electron chi connectivity index (χ1n) is 9.82. The summed E-state index contributed by atoms with van der Waals surface area (Å²) in [7, 11) is 0. The highest BCUT2D eigenvalue weighted by Gasteiger charge is 2.20. The molecule has 0 saturated heterocycles. The summed E-state index contributed by atoms with van der Waals surface area (Å²) in [4.78, 5) is 26.5. The molecular formula is C24H24FNO4S. The number of halogens is 1. The lowest BCUT2D eigenvalue weighted by Gasteiger charge is -2.19. The normalized spacial score (nSPS) is 11.3. The highest BCUT2D eigenvalue weighted by Crippen LogP contribution is 2.33. The summed E-state index contributed by atoms with van der Waals surface area (Å²) in [5, 5.41) is 0. The van der Waals surface area contributed by atoms with Crippen LogP contribution in [0.3, 0.4) is 0 Å². The summed E-state index contributed by atoms with van der Waals surface area (Å²) in [6, 6.07) is 13.3. The molecule has 1 heterocycles. The molecule has 0 fully saturated rings. The minimum absolute atomic E-state index is 0.235. The molecule has 0 unspecified atom stereocenters. The molecule has 2 aromatic carbocycles. The quantitative estimate of drug-likeness (QED) is 0.429. The molecule has 0 atom stereocenters. The first-order chi connectivity index (χ1) is 14.7. The second-order valence-corrected chi connectivity index (χ2v) is 8.92. The van der Waals surface area contributed by atoms with Crippen molar-refractivity contribution < 1.29 is 23.5 Å². The molecule has 3 aromatic rings. The van der Waals surface area contributed by atoms with E-state index in [4.69, 9.17) is 9.47 Å². The van der Waals surface area contributed by atoms with Crippen molar-refractivity contribution in [1.82, 2.24) is 4.57 Å². The third kappa shape index (κ3) is 5.98. The number of benzene rings is 2. The van der Waals surface area contributed by atoms with Gasteiger partial charge >= 0.3 is 12.1 Å². The number of carbonyl (C=O) groups excluding carboxylic acids is 2. The SMILES string of the molecule is CCOC(=O)c1cc(Sc2cccc(F)c2)ccc1-c1ccn(C(=O)OC(C)(C)C)c1. The Labute approximate surface area is 185 Å². The summed E-state index contributed by atoms with van der Waals surface area (Å²) in [5.41, 5.74) is 1.05. The monoisotopic (exact) mass is 441 g/mol. The molecular weight excluding hydrogens is 417 g/mol. The van der Waals surface area contributed by atoms with Crippen LogP contribution in [0.25, 0.3) is 11.1 Å². The standard InChI is InChI=1S/C24H24FNO4S/c1-5-29-22(27)21-14-19(31-18-8-6-7-17(25)13-18)9-10-20(21)16-11-12-26(15-16)23(28)30-24(2,3)4/h6-15H,5H2,1-4H3. The summed E-state index contributed by atoms with van der Waals surface area (Å²) in [6.07, 6.45) is 2.70. The Hall–Kier alpha value is -3.06. The van der Waals surface area contributed by atoms with E-state index >= 15 is 0 Å². The molecule has 0 bridgehead atoms. The van der Waals surface area contributed by atoms with E-state index in [1.54, 1.807) is 70.4 Å². The minimum atomic E-state index is -0.618. The van der Waals surface area contributed by atoms with Crippen LogP contribution in [0.15, 0.2) is 70.7 Å². The van der Waals surface area contributed by atoms with Crippen molar-refractivity contribution in [2.45, 2.75) is 43.1 Å². The molecule has 0 saturated carbocycles. The topological polar surface area (TPSA) is 57.5 Å². The lowest BCUT2D eigenvalue weighted by molar-refractivity contribution is 0.0521. The van der Waals surface area contributed by atoms with E-state index in [-0.39, 0.29) is 12.4 Å². The zero-order chi connectivity index (χ0) is 22.6. The van der Waals surface area contributed by atoms with Crippen LogP contribution in [-0.4, -0.2) is 28.8 Å². The number of hydrogen-bond donors (Lipinski definition) is 0. The largest absolute Gasteiger partial charge is 0.462 e. The predicted octanol–water partition coefficient (Wildman–Crippen LogP) is 6.41. The fourth-order valence-electron chi connectivity index (χ4n) is 2.87. The van der Waals surface area contributed by atoms with E-state index in [0.29, 0.717) is 16.7 Å². The number of ether oxygens (including phenoxy) is 2. The fraction of sp³-hybridized carbons (Fsp3) is 0.250. The molecule has 0 N–H and O–H groups in total. The van der Waals surface area contributed by atoms with Gasteiger partial charge < -0.3 is 9.47 Å². The number of hydrogen-bond acceptors (Lipinski definition) is 5. The molecule has 0 aliphatic heterocycles. The Balaban J connectivity index is 1.94. The number of aromatic nitrogens is 1. The van der Waals surface area contributed by atoms with E-state index in [2.05, 4.69) is 0 Å². The van der Waals surface area contributed by atoms with Crippen LogP contribution in [0.5, 0.6) is 0 Å². The average molecular weight is 442 g/mol. The van der Waals surface area contributed by atoms with Crippen LogP contribution in [0.4, 0.5) is 9.18 Å². The summed E-state index contributed by atoms with van der Waals surface area (Å²) in [6.45, 7) is 7.36. The third-order valence-electron chi connectivity index (χ3n) is 4.13. The smallest absolute Gasteiger partial charge is 0.418 e. The van der Waals surface area contributed by atoms with Gasteiger partial charge in [0.15, 0.2) is 0 Å². The molecule has 0 aliphatic rings. The van der Waals surface area contributed by atoms with Crippen molar-refractivity contribution in [3.05, 3.63) is 72.3 Å². The lowest BCUT2D eigenvalue weighted by Crippen LogP contribution is -2.26. The summed E-state index contributed by atoms with van der Waals surface area (Å²) in [5.74, 6) is -0.792. The summed E-state index contributed by atoms with van der Waals surface area (Å²) < 4.78 is 25.5.